The Kier molecular flexibility index (Phi) is 2.88. The highest BCUT2D eigenvalue weighted by Gasteiger charge is 2.30. The van der Waals surface area contributed by atoms with E-state index in [2.05, 4.69) is 31.1 Å². The maximum absolute atomic E-state index is 6.25. The SMILES string of the molecule is ClC1CNNC1c1nn2c(-c3ccncc3)nnc2s1. The van der Waals surface area contributed by atoms with Gasteiger partial charge in [-0.3, -0.25) is 10.4 Å². The molecule has 3 aromatic rings. The summed E-state index contributed by atoms with van der Waals surface area (Å²) in [6, 6.07) is 3.76. The van der Waals surface area contributed by atoms with Crippen LogP contribution < -0.4 is 10.9 Å². The highest BCUT2D eigenvalue weighted by Crippen LogP contribution is 2.29. The quantitative estimate of drug-likeness (QED) is 0.688. The number of halogens is 1. The summed E-state index contributed by atoms with van der Waals surface area (Å²) in [4.78, 5) is 4.76. The average Bonchev–Trinajstić information content (AvgIpc) is 3.13. The first-order valence-electron chi connectivity index (χ1n) is 6.08. The molecule has 102 valence electrons. The number of alkyl halides is 1. The second-order valence-corrected chi connectivity index (χ2v) is 5.96. The van der Waals surface area contributed by atoms with Gasteiger partial charge in [0.05, 0.1) is 11.4 Å². The zero-order chi connectivity index (χ0) is 13.5. The molecule has 20 heavy (non-hydrogen) atoms. The normalized spacial score (nSPS) is 22.6. The monoisotopic (exact) mass is 307 g/mol. The number of hydrazine groups is 1. The van der Waals surface area contributed by atoms with Crippen molar-refractivity contribution in [3.05, 3.63) is 29.5 Å². The van der Waals surface area contributed by atoms with Crippen molar-refractivity contribution in [3.8, 4) is 11.4 Å². The van der Waals surface area contributed by atoms with Gasteiger partial charge >= 0.3 is 0 Å². The molecule has 0 saturated carbocycles. The van der Waals surface area contributed by atoms with Crippen LogP contribution in [-0.2, 0) is 0 Å². The van der Waals surface area contributed by atoms with Gasteiger partial charge in [0, 0.05) is 24.5 Å². The largest absolute Gasteiger partial charge is 0.265 e. The third kappa shape index (κ3) is 1.88. The number of fused-ring (bicyclic) bond motifs is 1. The smallest absolute Gasteiger partial charge is 0.235 e. The lowest BCUT2D eigenvalue weighted by molar-refractivity contribution is 0.573. The molecule has 4 heterocycles. The number of hydrogen-bond acceptors (Lipinski definition) is 7. The molecule has 2 atom stereocenters. The van der Waals surface area contributed by atoms with Crippen LogP contribution in [0.4, 0.5) is 0 Å². The van der Waals surface area contributed by atoms with E-state index in [1.54, 1.807) is 16.9 Å². The Morgan fingerprint density at radius 3 is 2.90 bits per heavy atom. The van der Waals surface area contributed by atoms with E-state index in [1.807, 2.05) is 12.1 Å². The van der Waals surface area contributed by atoms with E-state index in [1.165, 1.54) is 11.3 Å². The van der Waals surface area contributed by atoms with Crippen molar-refractivity contribution in [2.24, 2.45) is 0 Å². The van der Waals surface area contributed by atoms with Crippen LogP contribution in [0.25, 0.3) is 16.3 Å². The molecule has 0 radical (unpaired) electrons. The average molecular weight is 308 g/mol. The summed E-state index contributed by atoms with van der Waals surface area (Å²) >= 11 is 7.74. The zero-order valence-electron chi connectivity index (χ0n) is 10.2. The molecule has 0 aromatic carbocycles. The highest BCUT2D eigenvalue weighted by molar-refractivity contribution is 7.16. The lowest BCUT2D eigenvalue weighted by atomic mass is 10.2. The number of aromatic nitrogens is 5. The Morgan fingerprint density at radius 2 is 2.15 bits per heavy atom. The van der Waals surface area contributed by atoms with Gasteiger partial charge in [-0.2, -0.15) is 9.61 Å². The van der Waals surface area contributed by atoms with Crippen molar-refractivity contribution >= 4 is 27.9 Å². The molecule has 1 aliphatic rings. The second-order valence-electron chi connectivity index (χ2n) is 4.41. The van der Waals surface area contributed by atoms with Gasteiger partial charge in [-0.1, -0.05) is 11.3 Å². The number of pyridine rings is 1. The van der Waals surface area contributed by atoms with Crippen LogP contribution in [0.2, 0.25) is 0 Å². The fourth-order valence-corrected chi connectivity index (χ4v) is 3.42. The van der Waals surface area contributed by atoms with Gasteiger partial charge in [0.1, 0.15) is 5.01 Å². The molecule has 0 amide bonds. The topological polar surface area (TPSA) is 80.0 Å². The Labute approximate surface area is 123 Å². The highest BCUT2D eigenvalue weighted by atomic mass is 35.5. The van der Waals surface area contributed by atoms with E-state index >= 15 is 0 Å². The molecule has 0 spiro atoms. The predicted molar refractivity (Wildman–Crippen MR) is 75.4 cm³/mol. The van der Waals surface area contributed by atoms with Gasteiger partial charge in [-0.15, -0.1) is 21.8 Å². The second kappa shape index (κ2) is 4.74. The standard InChI is InChI=1S/C11H10ClN7S/c12-7-5-14-15-8(7)10-18-19-9(16-17-11(19)20-10)6-1-3-13-4-2-6/h1-4,7-8,14-15H,5H2. The first kappa shape index (κ1) is 12.2. The van der Waals surface area contributed by atoms with E-state index in [9.17, 15) is 0 Å². The number of rotatable bonds is 2. The molecule has 1 saturated heterocycles. The molecule has 0 bridgehead atoms. The molecule has 4 rings (SSSR count). The van der Waals surface area contributed by atoms with Gasteiger partial charge < -0.3 is 0 Å². The molecular formula is C11H10ClN7S. The van der Waals surface area contributed by atoms with Gasteiger partial charge in [0.25, 0.3) is 0 Å². The van der Waals surface area contributed by atoms with Crippen molar-refractivity contribution < 1.29 is 0 Å². The molecular weight excluding hydrogens is 298 g/mol. The van der Waals surface area contributed by atoms with E-state index in [0.29, 0.717) is 12.4 Å². The van der Waals surface area contributed by atoms with E-state index in [0.717, 1.165) is 15.5 Å². The lowest BCUT2D eigenvalue weighted by Gasteiger charge is -2.07. The number of hydrogen-bond donors (Lipinski definition) is 2. The fourth-order valence-electron chi connectivity index (χ4n) is 2.13. The summed E-state index contributed by atoms with van der Waals surface area (Å²) in [7, 11) is 0. The van der Waals surface area contributed by atoms with Gasteiger partial charge in [0.15, 0.2) is 5.82 Å². The van der Waals surface area contributed by atoms with Crippen LogP contribution in [0.15, 0.2) is 24.5 Å². The number of nitrogens with zero attached hydrogens (tertiary/aromatic N) is 5. The third-order valence-electron chi connectivity index (χ3n) is 3.13. The van der Waals surface area contributed by atoms with E-state index in [4.69, 9.17) is 11.6 Å². The van der Waals surface area contributed by atoms with Crippen LogP contribution in [0.3, 0.4) is 0 Å². The van der Waals surface area contributed by atoms with Crippen molar-refractivity contribution in [2.45, 2.75) is 11.4 Å². The minimum atomic E-state index is -0.0248. The van der Waals surface area contributed by atoms with E-state index < -0.39 is 0 Å². The third-order valence-corrected chi connectivity index (χ3v) is 4.52. The fraction of sp³-hybridized carbons (Fsp3) is 0.273. The van der Waals surface area contributed by atoms with E-state index in [-0.39, 0.29) is 11.4 Å². The first-order chi connectivity index (χ1) is 9.83. The summed E-state index contributed by atoms with van der Waals surface area (Å²) < 4.78 is 1.75. The molecule has 3 aromatic heterocycles. The maximum Gasteiger partial charge on any atom is 0.235 e. The van der Waals surface area contributed by atoms with Crippen molar-refractivity contribution in [1.29, 1.82) is 0 Å². The summed E-state index contributed by atoms with van der Waals surface area (Å²) in [5.41, 5.74) is 7.10. The summed E-state index contributed by atoms with van der Waals surface area (Å²) in [6.45, 7) is 0.712. The maximum atomic E-state index is 6.25. The van der Waals surface area contributed by atoms with Crippen LogP contribution in [0, 0.1) is 0 Å². The molecule has 7 nitrogen and oxygen atoms in total. The molecule has 1 aliphatic heterocycles. The Balaban J connectivity index is 1.79. The van der Waals surface area contributed by atoms with Crippen LogP contribution in [-0.4, -0.2) is 36.7 Å². The summed E-state index contributed by atoms with van der Waals surface area (Å²) in [5, 5.41) is 13.8. The van der Waals surface area contributed by atoms with Crippen molar-refractivity contribution in [1.82, 2.24) is 35.6 Å². The van der Waals surface area contributed by atoms with Gasteiger partial charge in [0.2, 0.25) is 4.96 Å². The molecule has 0 aliphatic carbocycles. The molecule has 1 fully saturated rings. The van der Waals surface area contributed by atoms with Crippen LogP contribution >= 0.6 is 22.9 Å². The zero-order valence-corrected chi connectivity index (χ0v) is 11.8. The predicted octanol–water partition coefficient (Wildman–Crippen LogP) is 1.00. The first-order valence-corrected chi connectivity index (χ1v) is 7.33. The van der Waals surface area contributed by atoms with Crippen molar-refractivity contribution in [2.75, 3.05) is 6.54 Å². The molecule has 2 N–H and O–H groups in total. The summed E-state index contributed by atoms with van der Waals surface area (Å²) in [5.74, 6) is 0.710. The van der Waals surface area contributed by atoms with Gasteiger partial charge in [-0.05, 0) is 12.1 Å². The Bertz CT molecular complexity index is 740. The minimum absolute atomic E-state index is 0.00587. The lowest BCUT2D eigenvalue weighted by Crippen LogP contribution is -2.25. The molecule has 9 heteroatoms. The number of nitrogens with one attached hydrogen (secondary N) is 2. The Morgan fingerprint density at radius 1 is 1.30 bits per heavy atom. The minimum Gasteiger partial charge on any atom is -0.265 e. The van der Waals surface area contributed by atoms with Crippen LogP contribution in [0.1, 0.15) is 11.0 Å². The Hall–Kier alpha value is -1.61. The van der Waals surface area contributed by atoms with Crippen molar-refractivity contribution in [3.63, 3.8) is 0 Å². The van der Waals surface area contributed by atoms with Crippen LogP contribution in [0.5, 0.6) is 0 Å². The molecule has 2 unspecified atom stereocenters. The van der Waals surface area contributed by atoms with Gasteiger partial charge in [-0.25, -0.2) is 5.43 Å². The summed E-state index contributed by atoms with van der Waals surface area (Å²) in [6.07, 6.45) is 3.45.